The van der Waals surface area contributed by atoms with Crippen molar-refractivity contribution in [3.63, 3.8) is 0 Å². The van der Waals surface area contributed by atoms with Gasteiger partial charge in [-0.15, -0.1) is 0 Å². The average molecular weight is 769 g/mol. The second-order valence-corrected chi connectivity index (χ2v) is 21.3. The van der Waals surface area contributed by atoms with Crippen LogP contribution in [0.2, 0.25) is 0 Å². The van der Waals surface area contributed by atoms with Crippen molar-refractivity contribution in [2.75, 3.05) is 9.80 Å². The zero-order chi connectivity index (χ0) is 40.8. The molecule has 4 aliphatic carbocycles. The van der Waals surface area contributed by atoms with Crippen LogP contribution in [0.15, 0.2) is 143 Å². The first kappa shape index (κ1) is 35.6. The lowest BCUT2D eigenvalue weighted by Gasteiger charge is -2.60. The molecule has 0 N–H and O–H groups in total. The first-order valence-electron chi connectivity index (χ1n) is 22.2. The van der Waals surface area contributed by atoms with E-state index in [9.17, 15) is 0 Å². The minimum Gasteiger partial charge on any atom is -0.313 e. The predicted molar refractivity (Wildman–Crippen MR) is 247 cm³/mol. The predicted octanol–water partition coefficient (Wildman–Crippen LogP) is 15.0. The van der Waals surface area contributed by atoms with Crippen LogP contribution < -0.4 is 9.80 Å². The molecule has 1 atom stereocenters. The van der Waals surface area contributed by atoms with Gasteiger partial charge in [0.25, 0.3) is 0 Å². The van der Waals surface area contributed by atoms with E-state index in [1.165, 1.54) is 95.2 Å². The lowest BCUT2D eigenvalue weighted by molar-refractivity contribution is 0.265. The summed E-state index contributed by atoms with van der Waals surface area (Å²) in [7, 11) is 0. The smallest absolute Gasteiger partial charge is 0.0542 e. The fourth-order valence-electron chi connectivity index (χ4n) is 13.2. The maximum absolute atomic E-state index is 2.80. The minimum atomic E-state index is -0.185. The van der Waals surface area contributed by atoms with Gasteiger partial charge >= 0.3 is 0 Å². The Balaban J connectivity index is 1.14. The molecule has 0 radical (unpaired) electrons. The molecule has 0 saturated heterocycles. The minimum absolute atomic E-state index is 0.107. The highest BCUT2D eigenvalue weighted by Crippen LogP contribution is 2.67. The highest BCUT2D eigenvalue weighted by molar-refractivity contribution is 5.92. The Hall–Kier alpha value is -5.34. The number of hydrogen-bond acceptors (Lipinski definition) is 2. The fraction of sp³-hybridized carbons (Fsp3) is 0.333. The third-order valence-corrected chi connectivity index (χ3v) is 16.6. The molecule has 0 aromatic heterocycles. The molecule has 0 bridgehead atoms. The van der Waals surface area contributed by atoms with Gasteiger partial charge in [0.15, 0.2) is 0 Å². The van der Waals surface area contributed by atoms with E-state index in [-0.39, 0.29) is 27.1 Å². The van der Waals surface area contributed by atoms with Gasteiger partial charge < -0.3 is 9.80 Å². The van der Waals surface area contributed by atoms with Crippen molar-refractivity contribution in [3.05, 3.63) is 177 Å². The Labute approximate surface area is 351 Å². The van der Waals surface area contributed by atoms with Gasteiger partial charge in [0.1, 0.15) is 0 Å². The number of anilines is 4. The summed E-state index contributed by atoms with van der Waals surface area (Å²) in [5, 5.41) is 0. The topological polar surface area (TPSA) is 6.48 Å². The fourth-order valence-corrected chi connectivity index (χ4v) is 13.2. The first-order valence-corrected chi connectivity index (χ1v) is 22.2. The number of rotatable bonds is 3. The van der Waals surface area contributed by atoms with Gasteiger partial charge in [-0.2, -0.15) is 0 Å². The van der Waals surface area contributed by atoms with E-state index < -0.39 is 0 Å². The average Bonchev–Trinajstić information content (AvgIpc) is 3.59. The molecule has 3 aliphatic heterocycles. The van der Waals surface area contributed by atoms with Crippen LogP contribution in [0.25, 0.3) is 22.3 Å². The van der Waals surface area contributed by atoms with Gasteiger partial charge in [-0.3, -0.25) is 0 Å². The van der Waals surface area contributed by atoms with Crippen LogP contribution in [-0.4, -0.2) is 0 Å². The highest BCUT2D eigenvalue weighted by Gasteiger charge is 2.57. The van der Waals surface area contributed by atoms with Crippen molar-refractivity contribution >= 4 is 22.7 Å². The van der Waals surface area contributed by atoms with Crippen molar-refractivity contribution in [2.45, 2.75) is 110 Å². The summed E-state index contributed by atoms with van der Waals surface area (Å²) in [6.45, 7) is 24.7. The van der Waals surface area contributed by atoms with E-state index in [2.05, 4.69) is 194 Å². The molecule has 294 valence electrons. The van der Waals surface area contributed by atoms with Crippen molar-refractivity contribution in [1.29, 1.82) is 0 Å². The third-order valence-electron chi connectivity index (χ3n) is 16.6. The lowest BCUT2D eigenvalue weighted by Crippen LogP contribution is -2.53. The first-order chi connectivity index (χ1) is 28.1. The summed E-state index contributed by atoms with van der Waals surface area (Å²) in [6.07, 6.45) is 10.9. The summed E-state index contributed by atoms with van der Waals surface area (Å²) in [5.41, 5.74) is 26.3. The molecule has 0 spiro atoms. The molecule has 3 heterocycles. The Morgan fingerprint density at radius 3 is 1.66 bits per heavy atom. The monoisotopic (exact) mass is 768 g/mol. The number of fused-ring (bicyclic) bond motifs is 6. The SMILES string of the molecule is CC1(C)C2=CCCC3=C2N2C4=C(C=CCC4C3(C)C)C(C)(C)c3cc(N(c4ccc5c(c4)C(C)(C)c4ccccc4-5)c4ccc5c(c4)C(C)(C)c4ccccc4-5)cc1c32. The van der Waals surface area contributed by atoms with Crippen molar-refractivity contribution < 1.29 is 0 Å². The quantitative estimate of drug-likeness (QED) is 0.180. The maximum Gasteiger partial charge on any atom is 0.0542 e. The van der Waals surface area contributed by atoms with E-state index in [1.54, 1.807) is 11.3 Å². The zero-order valence-electron chi connectivity index (χ0n) is 36.6. The molecule has 5 aromatic carbocycles. The molecule has 0 amide bonds. The van der Waals surface area contributed by atoms with Gasteiger partial charge in [0.05, 0.1) is 5.69 Å². The molecule has 2 nitrogen and oxygen atoms in total. The second kappa shape index (κ2) is 11.1. The Morgan fingerprint density at radius 1 is 0.542 bits per heavy atom. The van der Waals surface area contributed by atoms with Crippen molar-refractivity contribution in [3.8, 4) is 22.3 Å². The molecule has 59 heavy (non-hydrogen) atoms. The van der Waals surface area contributed by atoms with Crippen molar-refractivity contribution in [2.24, 2.45) is 11.3 Å². The molecule has 5 aromatic rings. The summed E-state index contributed by atoms with van der Waals surface area (Å²) < 4.78 is 0. The lowest BCUT2D eigenvalue weighted by atomic mass is 9.55. The summed E-state index contributed by atoms with van der Waals surface area (Å²) >= 11 is 0. The normalized spacial score (nSPS) is 22.9. The van der Waals surface area contributed by atoms with E-state index in [4.69, 9.17) is 0 Å². The van der Waals surface area contributed by atoms with Crippen LogP contribution in [0.4, 0.5) is 22.7 Å². The summed E-state index contributed by atoms with van der Waals surface area (Å²) in [5.74, 6) is 0.469. The highest BCUT2D eigenvalue weighted by atomic mass is 15.2. The van der Waals surface area contributed by atoms with Crippen LogP contribution in [0.3, 0.4) is 0 Å². The number of allylic oxidation sites excluding steroid dienone is 7. The van der Waals surface area contributed by atoms with Gasteiger partial charge in [-0.1, -0.05) is 148 Å². The second-order valence-electron chi connectivity index (χ2n) is 21.3. The number of nitrogens with zero attached hydrogens (tertiary/aromatic N) is 2. The number of hydrogen-bond donors (Lipinski definition) is 0. The molecule has 12 rings (SSSR count). The molecule has 0 saturated carbocycles. The Bertz CT molecular complexity index is 2790. The van der Waals surface area contributed by atoms with Crippen LogP contribution in [0, 0.1) is 11.3 Å². The largest absolute Gasteiger partial charge is 0.313 e. The Morgan fingerprint density at radius 2 is 1.07 bits per heavy atom. The van der Waals surface area contributed by atoms with E-state index in [1.807, 2.05) is 0 Å². The van der Waals surface area contributed by atoms with Crippen LogP contribution in [0.5, 0.6) is 0 Å². The number of benzene rings is 5. The Kier molecular flexibility index (Phi) is 6.68. The maximum atomic E-state index is 2.80. The standard InChI is InChI=1S/C57H56N2/c1-53(2)40-19-13-11-17-36(40)38-27-25-33(29-46(38)53)58(34-26-28-39-37-18-12-14-20-41(37)54(3,4)47(39)30-34)35-31-48-52-49(32-35)57(9,10)45-24-16-22-43-51(45)59(52)50-42(55(43,5)6)21-15-23-44(50)56(48,7)8/h11-15,17-20,23-32,42H,16,21-22H2,1-10H3. The van der Waals surface area contributed by atoms with E-state index in [0.29, 0.717) is 5.92 Å². The molecular weight excluding hydrogens is 713 g/mol. The van der Waals surface area contributed by atoms with Crippen LogP contribution in [-0.2, 0) is 21.7 Å². The summed E-state index contributed by atoms with van der Waals surface area (Å²) in [4.78, 5) is 5.41. The van der Waals surface area contributed by atoms with Crippen LogP contribution in [0.1, 0.15) is 122 Å². The molecule has 1 unspecified atom stereocenters. The van der Waals surface area contributed by atoms with Gasteiger partial charge in [-0.25, -0.2) is 0 Å². The molecule has 0 fully saturated rings. The summed E-state index contributed by atoms with van der Waals surface area (Å²) in [6, 6.07) is 37.9. The van der Waals surface area contributed by atoms with E-state index in [0.717, 1.165) is 19.3 Å². The zero-order valence-corrected chi connectivity index (χ0v) is 36.6. The van der Waals surface area contributed by atoms with Gasteiger partial charge in [-0.05, 0) is 133 Å². The third kappa shape index (κ3) is 4.23. The molecule has 7 aliphatic rings. The van der Waals surface area contributed by atoms with E-state index >= 15 is 0 Å². The van der Waals surface area contributed by atoms with Crippen molar-refractivity contribution in [1.82, 2.24) is 0 Å². The van der Waals surface area contributed by atoms with Gasteiger partial charge in [0.2, 0.25) is 0 Å². The van der Waals surface area contributed by atoms with Gasteiger partial charge in [0, 0.05) is 56.0 Å². The van der Waals surface area contributed by atoms with Crippen LogP contribution >= 0.6 is 0 Å². The molecule has 2 heteroatoms. The molecular formula is C57H56N2.